The number of hydrogen-bond donors (Lipinski definition) is 2. The molecule has 2 atom stereocenters. The lowest BCUT2D eigenvalue weighted by atomic mass is 9.78. The van der Waals surface area contributed by atoms with E-state index in [4.69, 9.17) is 0 Å². The number of carbonyl (C=O) groups is 2. The summed E-state index contributed by atoms with van der Waals surface area (Å²) in [6.07, 6.45) is 2.52. The standard InChI is InChI=1S/C22H22FN3O3S/c1-26-21(17(12-25-26)22(28)29)20-6-5-19(30-20)18(27)10-14-11-24-8-7-16(14)13-3-2-4-15(23)9-13/h2-6,9,12,14,16,24H,7-8,10-11H2,1H3,(H,28,29)/t14-,16+/m1/s1. The van der Waals surface area contributed by atoms with E-state index in [0.29, 0.717) is 28.4 Å². The number of piperidine rings is 1. The molecule has 0 saturated carbocycles. The molecule has 1 aromatic carbocycles. The molecule has 1 aliphatic heterocycles. The molecule has 0 radical (unpaired) electrons. The molecule has 0 spiro atoms. The summed E-state index contributed by atoms with van der Waals surface area (Å²) in [5.74, 6) is -1.10. The van der Waals surface area contributed by atoms with Crippen LogP contribution in [-0.2, 0) is 7.05 Å². The average molecular weight is 428 g/mol. The number of halogens is 1. The van der Waals surface area contributed by atoms with E-state index >= 15 is 0 Å². The highest BCUT2D eigenvalue weighted by molar-refractivity contribution is 7.17. The topological polar surface area (TPSA) is 84.2 Å². The highest BCUT2D eigenvalue weighted by atomic mass is 32.1. The van der Waals surface area contributed by atoms with Crippen LogP contribution < -0.4 is 5.32 Å². The predicted molar refractivity (Wildman–Crippen MR) is 113 cm³/mol. The van der Waals surface area contributed by atoms with Gasteiger partial charge in [-0.1, -0.05) is 12.1 Å². The highest BCUT2D eigenvalue weighted by Gasteiger charge is 2.29. The Morgan fingerprint density at radius 3 is 2.93 bits per heavy atom. The number of nitrogens with one attached hydrogen (secondary N) is 1. The molecule has 6 nitrogen and oxygen atoms in total. The fourth-order valence-electron chi connectivity index (χ4n) is 4.15. The van der Waals surface area contributed by atoms with Crippen molar-refractivity contribution < 1.29 is 19.1 Å². The van der Waals surface area contributed by atoms with E-state index in [-0.39, 0.29) is 29.0 Å². The van der Waals surface area contributed by atoms with Crippen LogP contribution in [0, 0.1) is 11.7 Å². The van der Waals surface area contributed by atoms with Crippen molar-refractivity contribution in [2.24, 2.45) is 13.0 Å². The third-order valence-corrected chi connectivity index (χ3v) is 6.75. The Bertz CT molecular complexity index is 1090. The Balaban J connectivity index is 1.54. The summed E-state index contributed by atoms with van der Waals surface area (Å²) in [5.41, 5.74) is 1.53. The van der Waals surface area contributed by atoms with E-state index in [1.165, 1.54) is 28.3 Å². The van der Waals surface area contributed by atoms with Gasteiger partial charge in [0.05, 0.1) is 21.6 Å². The first-order valence-corrected chi connectivity index (χ1v) is 10.6. The second-order valence-corrected chi connectivity index (χ2v) is 8.62. The average Bonchev–Trinajstić information content (AvgIpc) is 3.35. The van der Waals surface area contributed by atoms with Gasteiger partial charge in [0.15, 0.2) is 5.78 Å². The van der Waals surface area contributed by atoms with Crippen molar-refractivity contribution in [2.45, 2.75) is 18.8 Å². The molecule has 8 heteroatoms. The van der Waals surface area contributed by atoms with E-state index in [2.05, 4.69) is 10.4 Å². The van der Waals surface area contributed by atoms with Crippen LogP contribution in [0.15, 0.2) is 42.6 Å². The molecule has 0 bridgehead atoms. The second-order valence-electron chi connectivity index (χ2n) is 7.54. The molecule has 2 N–H and O–H groups in total. The Labute approximate surface area is 177 Å². The lowest BCUT2D eigenvalue weighted by molar-refractivity contribution is 0.0697. The van der Waals surface area contributed by atoms with E-state index in [0.717, 1.165) is 18.5 Å². The first-order valence-electron chi connectivity index (χ1n) is 9.79. The number of aryl methyl sites for hydroxylation is 1. The van der Waals surface area contributed by atoms with Crippen molar-refractivity contribution in [1.82, 2.24) is 15.1 Å². The van der Waals surface area contributed by atoms with Crippen LogP contribution in [0.3, 0.4) is 0 Å². The van der Waals surface area contributed by atoms with Gasteiger partial charge in [0.2, 0.25) is 0 Å². The van der Waals surface area contributed by atoms with Gasteiger partial charge in [0.1, 0.15) is 11.4 Å². The van der Waals surface area contributed by atoms with Crippen molar-refractivity contribution in [3.05, 3.63) is 64.4 Å². The van der Waals surface area contributed by atoms with Gasteiger partial charge in [-0.2, -0.15) is 5.10 Å². The lowest BCUT2D eigenvalue weighted by Crippen LogP contribution is -2.36. The van der Waals surface area contributed by atoms with Crippen molar-refractivity contribution in [3.63, 3.8) is 0 Å². The minimum Gasteiger partial charge on any atom is -0.478 e. The number of Topliss-reactive ketones (excluding diaryl/α,β-unsaturated/α-hetero) is 1. The van der Waals surface area contributed by atoms with Gasteiger partial charge in [0.25, 0.3) is 0 Å². The fraction of sp³-hybridized carbons (Fsp3) is 0.318. The van der Waals surface area contributed by atoms with Crippen LogP contribution in [-0.4, -0.2) is 39.7 Å². The quantitative estimate of drug-likeness (QED) is 0.582. The third-order valence-electron chi connectivity index (χ3n) is 5.62. The zero-order valence-corrected chi connectivity index (χ0v) is 17.3. The number of aromatic nitrogens is 2. The van der Waals surface area contributed by atoms with Crippen LogP contribution in [0.5, 0.6) is 0 Å². The molecule has 0 unspecified atom stereocenters. The molecular formula is C22H22FN3O3S. The van der Waals surface area contributed by atoms with Gasteiger partial charge in [-0.15, -0.1) is 11.3 Å². The Morgan fingerprint density at radius 1 is 1.33 bits per heavy atom. The first kappa shape index (κ1) is 20.4. The number of hydrogen-bond acceptors (Lipinski definition) is 5. The van der Waals surface area contributed by atoms with Crippen LogP contribution >= 0.6 is 11.3 Å². The first-order chi connectivity index (χ1) is 14.4. The minimum atomic E-state index is -1.05. The molecule has 3 aromatic rings. The largest absolute Gasteiger partial charge is 0.478 e. The summed E-state index contributed by atoms with van der Waals surface area (Å²) in [5, 5.41) is 16.8. The molecule has 4 rings (SSSR count). The predicted octanol–water partition coefficient (Wildman–Crippen LogP) is 3.95. The zero-order valence-electron chi connectivity index (χ0n) is 16.5. The molecule has 1 saturated heterocycles. The number of aromatic carboxylic acids is 1. The summed E-state index contributed by atoms with van der Waals surface area (Å²) >= 11 is 1.28. The van der Waals surface area contributed by atoms with Crippen LogP contribution in [0.4, 0.5) is 4.39 Å². The summed E-state index contributed by atoms with van der Waals surface area (Å²) in [6.45, 7) is 1.55. The SMILES string of the molecule is Cn1ncc(C(=O)O)c1-c1ccc(C(=O)C[C@@H]2CNCC[C@H]2c2cccc(F)c2)s1. The van der Waals surface area contributed by atoms with Crippen molar-refractivity contribution >= 4 is 23.1 Å². The minimum absolute atomic E-state index is 0.0143. The number of thiophene rings is 1. The number of carbonyl (C=O) groups excluding carboxylic acids is 1. The molecule has 3 heterocycles. The summed E-state index contributed by atoms with van der Waals surface area (Å²) < 4.78 is 15.2. The molecule has 30 heavy (non-hydrogen) atoms. The van der Waals surface area contributed by atoms with Gasteiger partial charge < -0.3 is 10.4 Å². The normalized spacial score (nSPS) is 19.0. The number of nitrogens with zero attached hydrogens (tertiary/aromatic N) is 2. The maximum Gasteiger partial charge on any atom is 0.339 e. The van der Waals surface area contributed by atoms with Crippen molar-refractivity contribution in [2.75, 3.05) is 13.1 Å². The molecule has 2 aromatic heterocycles. The third kappa shape index (κ3) is 4.06. The highest BCUT2D eigenvalue weighted by Crippen LogP contribution is 2.36. The van der Waals surface area contributed by atoms with Crippen LogP contribution in [0.25, 0.3) is 10.6 Å². The Kier molecular flexibility index (Phi) is 5.78. The van der Waals surface area contributed by atoms with Gasteiger partial charge >= 0.3 is 5.97 Å². The molecular weight excluding hydrogens is 405 g/mol. The van der Waals surface area contributed by atoms with E-state index in [1.54, 1.807) is 31.3 Å². The van der Waals surface area contributed by atoms with Gasteiger partial charge in [-0.05, 0) is 61.2 Å². The molecule has 1 aliphatic rings. The lowest BCUT2D eigenvalue weighted by Gasteiger charge is -2.32. The van der Waals surface area contributed by atoms with Crippen molar-refractivity contribution in [1.29, 1.82) is 0 Å². The molecule has 156 valence electrons. The number of carboxylic acid groups (broad SMARTS) is 1. The zero-order chi connectivity index (χ0) is 21.3. The molecule has 0 aliphatic carbocycles. The molecule has 1 fully saturated rings. The van der Waals surface area contributed by atoms with Crippen LogP contribution in [0.2, 0.25) is 0 Å². The molecule has 0 amide bonds. The summed E-state index contributed by atoms with van der Waals surface area (Å²) in [7, 11) is 1.68. The fourth-order valence-corrected chi connectivity index (χ4v) is 5.20. The summed E-state index contributed by atoms with van der Waals surface area (Å²) in [4.78, 5) is 25.8. The Hall–Kier alpha value is -2.84. The maximum absolute atomic E-state index is 13.7. The monoisotopic (exact) mass is 427 g/mol. The van der Waals surface area contributed by atoms with Crippen LogP contribution in [0.1, 0.15) is 44.4 Å². The van der Waals surface area contributed by atoms with E-state index in [1.807, 2.05) is 6.07 Å². The maximum atomic E-state index is 13.7. The van der Waals surface area contributed by atoms with E-state index < -0.39 is 5.97 Å². The Morgan fingerprint density at radius 2 is 2.17 bits per heavy atom. The van der Waals surface area contributed by atoms with Gasteiger partial charge in [-0.3, -0.25) is 9.48 Å². The van der Waals surface area contributed by atoms with Crippen molar-refractivity contribution in [3.8, 4) is 10.6 Å². The number of rotatable bonds is 6. The number of ketones is 1. The number of carboxylic acids is 1. The van der Waals surface area contributed by atoms with E-state index in [9.17, 15) is 19.1 Å². The van der Waals surface area contributed by atoms with Gasteiger partial charge in [0, 0.05) is 13.5 Å². The smallest absolute Gasteiger partial charge is 0.339 e. The summed E-state index contributed by atoms with van der Waals surface area (Å²) in [6, 6.07) is 10.1. The number of benzene rings is 1. The van der Waals surface area contributed by atoms with Gasteiger partial charge in [-0.25, -0.2) is 9.18 Å². The second kappa shape index (κ2) is 8.49.